The third kappa shape index (κ3) is 4.18. The lowest BCUT2D eigenvalue weighted by Gasteiger charge is -2.35. The summed E-state index contributed by atoms with van der Waals surface area (Å²) < 4.78 is 0. The molecule has 0 radical (unpaired) electrons. The van der Waals surface area contributed by atoms with Crippen LogP contribution >= 0.6 is 0 Å². The molecule has 6 nitrogen and oxygen atoms in total. The third-order valence-electron chi connectivity index (χ3n) is 4.24. The summed E-state index contributed by atoms with van der Waals surface area (Å²) in [5.74, 6) is 0.0937. The Kier molecular flexibility index (Phi) is 6.15. The van der Waals surface area contributed by atoms with Gasteiger partial charge in [0.2, 0.25) is 0 Å². The molecule has 0 unspecified atom stereocenters. The minimum Gasteiger partial charge on any atom is -0.508 e. The lowest BCUT2D eigenvalue weighted by Crippen LogP contribution is -2.45. The normalized spacial score (nSPS) is 17.3. The summed E-state index contributed by atoms with van der Waals surface area (Å²) in [6.45, 7) is 5.71. The maximum Gasteiger partial charge on any atom is 0.274 e. The summed E-state index contributed by atoms with van der Waals surface area (Å²) in [7, 11) is 0. The molecule has 122 valence electrons. The van der Waals surface area contributed by atoms with E-state index in [9.17, 15) is 15.2 Å². The van der Waals surface area contributed by atoms with Gasteiger partial charge in [0.05, 0.1) is 10.5 Å². The molecule has 0 aliphatic carbocycles. The van der Waals surface area contributed by atoms with E-state index in [2.05, 4.69) is 17.1 Å². The summed E-state index contributed by atoms with van der Waals surface area (Å²) in [6.07, 6.45) is 4.17. The fraction of sp³-hybridized carbons (Fsp3) is 0.625. The predicted molar refractivity (Wildman–Crippen MR) is 86.1 cm³/mol. The van der Waals surface area contributed by atoms with Crippen molar-refractivity contribution in [2.45, 2.75) is 38.6 Å². The fourth-order valence-electron chi connectivity index (χ4n) is 3.09. The highest BCUT2D eigenvalue weighted by molar-refractivity contribution is 5.46. The summed E-state index contributed by atoms with van der Waals surface area (Å²) in [5, 5.41) is 24.4. The van der Waals surface area contributed by atoms with Crippen molar-refractivity contribution in [3.8, 4) is 5.75 Å². The van der Waals surface area contributed by atoms with Gasteiger partial charge in [0, 0.05) is 38.3 Å². The van der Waals surface area contributed by atoms with Gasteiger partial charge in [-0.05, 0) is 18.6 Å². The van der Waals surface area contributed by atoms with Crippen molar-refractivity contribution in [2.75, 3.05) is 26.2 Å². The Morgan fingerprint density at radius 2 is 2.09 bits per heavy atom. The second kappa shape index (κ2) is 8.10. The Labute approximate surface area is 131 Å². The van der Waals surface area contributed by atoms with Crippen molar-refractivity contribution in [2.24, 2.45) is 0 Å². The molecule has 1 aromatic carbocycles. The molecule has 0 amide bonds. The van der Waals surface area contributed by atoms with Gasteiger partial charge in [-0.15, -0.1) is 0 Å². The molecule has 0 bridgehead atoms. The number of phenolic OH excluding ortho intramolecular Hbond substituents is 1. The minimum absolute atomic E-state index is 0.00106. The molecule has 0 aromatic heterocycles. The van der Waals surface area contributed by atoms with Crippen LogP contribution in [0, 0.1) is 10.1 Å². The van der Waals surface area contributed by atoms with Crippen LogP contribution in [0.4, 0.5) is 5.69 Å². The fourth-order valence-corrected chi connectivity index (χ4v) is 3.09. The number of hydrogen-bond donors (Lipinski definition) is 2. The zero-order valence-electron chi connectivity index (χ0n) is 13.1. The maximum absolute atomic E-state index is 11.3. The van der Waals surface area contributed by atoms with Gasteiger partial charge in [0.25, 0.3) is 5.69 Å². The Morgan fingerprint density at radius 1 is 1.36 bits per heavy atom. The lowest BCUT2D eigenvalue weighted by atomic mass is 9.96. The molecular weight excluding hydrogens is 282 g/mol. The van der Waals surface area contributed by atoms with Crippen LogP contribution in [-0.2, 0) is 0 Å². The van der Waals surface area contributed by atoms with E-state index in [4.69, 9.17) is 0 Å². The van der Waals surface area contributed by atoms with Gasteiger partial charge in [0.15, 0.2) is 0 Å². The average Bonchev–Trinajstić information content (AvgIpc) is 2.52. The van der Waals surface area contributed by atoms with Crippen LogP contribution in [0.1, 0.15) is 44.2 Å². The highest BCUT2D eigenvalue weighted by Crippen LogP contribution is 2.35. The highest BCUT2D eigenvalue weighted by atomic mass is 16.6. The summed E-state index contributed by atoms with van der Waals surface area (Å²) >= 11 is 0. The van der Waals surface area contributed by atoms with E-state index >= 15 is 0 Å². The molecule has 1 aliphatic heterocycles. The molecule has 0 saturated carbocycles. The second-order valence-corrected chi connectivity index (χ2v) is 5.80. The van der Waals surface area contributed by atoms with Crippen LogP contribution in [-0.4, -0.2) is 41.1 Å². The summed E-state index contributed by atoms with van der Waals surface area (Å²) in [6, 6.07) is 4.38. The molecule has 1 aromatic rings. The minimum atomic E-state index is -0.343. The number of nitrogens with zero attached hydrogens (tertiary/aromatic N) is 2. The molecule has 1 saturated heterocycles. The van der Waals surface area contributed by atoms with Crippen molar-refractivity contribution >= 4 is 5.69 Å². The van der Waals surface area contributed by atoms with Gasteiger partial charge in [-0.3, -0.25) is 15.0 Å². The molecule has 1 atom stereocenters. The SMILES string of the molecule is CCCCC[C@H](c1cc(O)ccc1[N+](=O)[O-])N1CCNCC1. The Hall–Kier alpha value is -1.66. The number of unbranched alkanes of at least 4 members (excludes halogenated alkanes) is 2. The number of nitro benzene ring substituents is 1. The number of phenols is 1. The van der Waals surface area contributed by atoms with Gasteiger partial charge >= 0.3 is 0 Å². The smallest absolute Gasteiger partial charge is 0.274 e. The number of rotatable bonds is 7. The molecule has 2 rings (SSSR count). The van der Waals surface area contributed by atoms with E-state index in [1.54, 1.807) is 6.07 Å². The number of piperazine rings is 1. The van der Waals surface area contributed by atoms with Crippen LogP contribution in [0.25, 0.3) is 0 Å². The summed E-state index contributed by atoms with van der Waals surface area (Å²) in [4.78, 5) is 13.3. The van der Waals surface area contributed by atoms with Crippen molar-refractivity contribution in [3.63, 3.8) is 0 Å². The van der Waals surface area contributed by atoms with Gasteiger partial charge in [-0.25, -0.2) is 0 Å². The van der Waals surface area contributed by atoms with E-state index in [0.717, 1.165) is 51.9 Å². The van der Waals surface area contributed by atoms with E-state index in [0.29, 0.717) is 5.56 Å². The molecular formula is C16H25N3O3. The first-order valence-electron chi connectivity index (χ1n) is 8.05. The first kappa shape index (κ1) is 16.7. The number of nitrogens with one attached hydrogen (secondary N) is 1. The van der Waals surface area contributed by atoms with E-state index in [-0.39, 0.29) is 22.4 Å². The van der Waals surface area contributed by atoms with E-state index in [1.807, 2.05) is 0 Å². The van der Waals surface area contributed by atoms with Crippen molar-refractivity contribution in [1.29, 1.82) is 0 Å². The van der Waals surface area contributed by atoms with Crippen LogP contribution in [0.3, 0.4) is 0 Å². The zero-order chi connectivity index (χ0) is 15.9. The summed E-state index contributed by atoms with van der Waals surface area (Å²) in [5.41, 5.74) is 0.751. The van der Waals surface area contributed by atoms with Crippen LogP contribution in [0.2, 0.25) is 0 Å². The quantitative estimate of drug-likeness (QED) is 0.460. The van der Waals surface area contributed by atoms with Crippen molar-refractivity contribution in [1.82, 2.24) is 10.2 Å². The third-order valence-corrected chi connectivity index (χ3v) is 4.24. The molecule has 1 aliphatic rings. The van der Waals surface area contributed by atoms with Gasteiger partial charge in [-0.2, -0.15) is 0 Å². The molecule has 0 spiro atoms. The van der Waals surface area contributed by atoms with E-state index < -0.39 is 0 Å². The molecule has 22 heavy (non-hydrogen) atoms. The Balaban J connectivity index is 2.30. The number of nitro groups is 1. The highest BCUT2D eigenvalue weighted by Gasteiger charge is 2.28. The van der Waals surface area contributed by atoms with Crippen LogP contribution in [0.5, 0.6) is 5.75 Å². The van der Waals surface area contributed by atoms with Gasteiger partial charge < -0.3 is 10.4 Å². The Morgan fingerprint density at radius 3 is 2.73 bits per heavy atom. The van der Waals surface area contributed by atoms with Gasteiger partial charge in [-0.1, -0.05) is 26.2 Å². The van der Waals surface area contributed by atoms with Crippen LogP contribution < -0.4 is 5.32 Å². The Bertz CT molecular complexity index is 501. The molecule has 6 heteroatoms. The average molecular weight is 307 g/mol. The lowest BCUT2D eigenvalue weighted by molar-refractivity contribution is -0.386. The standard InChI is InChI=1S/C16H25N3O3/c1-2-3-4-5-15(18-10-8-17-9-11-18)14-12-13(20)6-7-16(14)19(21)22/h6-7,12,15,17,20H,2-5,8-11H2,1H3/t15-/m1/s1. The predicted octanol–water partition coefficient (Wildman–Crippen LogP) is 2.83. The molecule has 2 N–H and O–H groups in total. The second-order valence-electron chi connectivity index (χ2n) is 5.80. The van der Waals surface area contributed by atoms with Gasteiger partial charge in [0.1, 0.15) is 5.75 Å². The number of hydrogen-bond acceptors (Lipinski definition) is 5. The van der Waals surface area contributed by atoms with Crippen molar-refractivity contribution < 1.29 is 10.0 Å². The van der Waals surface area contributed by atoms with Crippen molar-refractivity contribution in [3.05, 3.63) is 33.9 Å². The first-order chi connectivity index (χ1) is 10.6. The zero-order valence-corrected chi connectivity index (χ0v) is 13.1. The van der Waals surface area contributed by atoms with Crippen LogP contribution in [0.15, 0.2) is 18.2 Å². The van der Waals surface area contributed by atoms with E-state index in [1.165, 1.54) is 12.1 Å². The molecule has 1 heterocycles. The first-order valence-corrected chi connectivity index (χ1v) is 8.05. The molecule has 1 fully saturated rings. The number of benzene rings is 1. The monoisotopic (exact) mass is 307 g/mol. The maximum atomic E-state index is 11.3. The topological polar surface area (TPSA) is 78.6 Å². The number of aromatic hydroxyl groups is 1. The largest absolute Gasteiger partial charge is 0.508 e.